The van der Waals surface area contributed by atoms with E-state index in [0.29, 0.717) is 13.7 Å². The van der Waals surface area contributed by atoms with E-state index in [0.717, 1.165) is 0 Å². The Balaban J connectivity index is 2.85. The molecule has 1 aromatic rings. The van der Waals surface area contributed by atoms with Crippen molar-refractivity contribution in [2.24, 2.45) is 0 Å². The largest absolute Gasteiger partial charge is 0.573 e. The summed E-state index contributed by atoms with van der Waals surface area (Å²) < 4.78 is 40.9. The topological polar surface area (TPSA) is 61.7 Å². The van der Waals surface area contributed by atoms with E-state index in [1.807, 2.05) is 22.6 Å². The molecule has 0 aromatic heterocycles. The summed E-state index contributed by atoms with van der Waals surface area (Å²) in [6.45, 7) is -0.332. The van der Waals surface area contributed by atoms with Crippen LogP contribution >= 0.6 is 38.5 Å². The van der Waals surface area contributed by atoms with Gasteiger partial charge in [-0.2, -0.15) is 0 Å². The van der Waals surface area contributed by atoms with Gasteiger partial charge in [0.25, 0.3) is 0 Å². The van der Waals surface area contributed by atoms with E-state index in [1.54, 1.807) is 0 Å². The van der Waals surface area contributed by atoms with Gasteiger partial charge in [-0.1, -0.05) is 0 Å². The van der Waals surface area contributed by atoms with Crippen molar-refractivity contribution in [2.45, 2.75) is 12.5 Å². The zero-order chi connectivity index (χ0) is 14.6. The van der Waals surface area contributed by atoms with Crippen LogP contribution in [0.4, 0.5) is 18.9 Å². The fourth-order valence-corrected chi connectivity index (χ4v) is 2.93. The molecule has 0 radical (unpaired) electrons. The first kappa shape index (κ1) is 16.8. The molecule has 108 valence electrons. The standard InChI is InChI=1S/C10H10BrF3INO3/c11-7-1-6(19-10(12,13)14)2-8(15)9(7)16-3-5(18)4-17/h1-2,5,16-18H,3-4H2. The van der Waals surface area contributed by atoms with Gasteiger partial charge in [0, 0.05) is 14.6 Å². The normalized spacial score (nSPS) is 13.2. The van der Waals surface area contributed by atoms with E-state index >= 15 is 0 Å². The zero-order valence-electron chi connectivity index (χ0n) is 9.34. The van der Waals surface area contributed by atoms with E-state index in [2.05, 4.69) is 26.0 Å². The highest BCUT2D eigenvalue weighted by Gasteiger charge is 2.31. The van der Waals surface area contributed by atoms with E-state index in [4.69, 9.17) is 5.11 Å². The predicted molar refractivity (Wildman–Crippen MR) is 75.1 cm³/mol. The highest BCUT2D eigenvalue weighted by atomic mass is 127. The molecular formula is C10H10BrF3INO3. The van der Waals surface area contributed by atoms with Gasteiger partial charge in [0.15, 0.2) is 0 Å². The van der Waals surface area contributed by atoms with Crippen molar-refractivity contribution in [3.8, 4) is 5.75 Å². The van der Waals surface area contributed by atoms with Crippen LogP contribution in [0.15, 0.2) is 16.6 Å². The summed E-state index contributed by atoms with van der Waals surface area (Å²) in [4.78, 5) is 0. The number of aliphatic hydroxyl groups is 2. The van der Waals surface area contributed by atoms with Crippen LogP contribution < -0.4 is 10.1 Å². The summed E-state index contributed by atoms with van der Waals surface area (Å²) in [7, 11) is 0. The van der Waals surface area contributed by atoms with Crippen molar-refractivity contribution in [2.75, 3.05) is 18.5 Å². The molecule has 0 aliphatic carbocycles. The molecule has 0 spiro atoms. The van der Waals surface area contributed by atoms with Crippen molar-refractivity contribution in [1.82, 2.24) is 0 Å². The molecule has 1 atom stereocenters. The minimum absolute atomic E-state index is 0.0740. The molecule has 0 heterocycles. The second kappa shape index (κ2) is 6.95. The Kier molecular flexibility index (Phi) is 6.15. The fraction of sp³-hybridized carbons (Fsp3) is 0.400. The second-order valence-electron chi connectivity index (χ2n) is 3.53. The van der Waals surface area contributed by atoms with Gasteiger partial charge in [-0.3, -0.25) is 0 Å². The van der Waals surface area contributed by atoms with Gasteiger partial charge in [0.2, 0.25) is 0 Å². The molecule has 0 aliphatic heterocycles. The Morgan fingerprint density at radius 3 is 2.53 bits per heavy atom. The highest BCUT2D eigenvalue weighted by molar-refractivity contribution is 14.1. The third-order valence-corrected chi connectivity index (χ3v) is 3.45. The van der Waals surface area contributed by atoms with Gasteiger partial charge in [-0.15, -0.1) is 13.2 Å². The average molecular weight is 456 g/mol. The molecule has 0 saturated carbocycles. The number of halogens is 5. The highest BCUT2D eigenvalue weighted by Crippen LogP contribution is 2.34. The lowest BCUT2D eigenvalue weighted by molar-refractivity contribution is -0.274. The number of benzene rings is 1. The van der Waals surface area contributed by atoms with Crippen LogP contribution in [0, 0.1) is 3.57 Å². The summed E-state index contributed by atoms with van der Waals surface area (Å²) in [5, 5.41) is 20.7. The molecule has 9 heteroatoms. The summed E-state index contributed by atoms with van der Waals surface area (Å²) in [6.07, 6.45) is -5.70. The Hall–Kier alpha value is -0.260. The smallest absolute Gasteiger partial charge is 0.406 e. The van der Waals surface area contributed by atoms with Crippen molar-refractivity contribution in [3.05, 3.63) is 20.2 Å². The van der Waals surface area contributed by atoms with Crippen molar-refractivity contribution in [1.29, 1.82) is 0 Å². The second-order valence-corrected chi connectivity index (χ2v) is 5.54. The third kappa shape index (κ3) is 5.71. The minimum Gasteiger partial charge on any atom is -0.406 e. The number of nitrogens with one attached hydrogen (secondary N) is 1. The quantitative estimate of drug-likeness (QED) is 0.597. The lowest BCUT2D eigenvalue weighted by Crippen LogP contribution is -2.23. The molecule has 0 bridgehead atoms. The zero-order valence-corrected chi connectivity index (χ0v) is 13.1. The van der Waals surface area contributed by atoms with Crippen LogP contribution in [0.5, 0.6) is 5.75 Å². The van der Waals surface area contributed by atoms with Gasteiger partial charge < -0.3 is 20.3 Å². The molecule has 0 saturated heterocycles. The molecule has 1 unspecified atom stereocenters. The molecule has 1 aromatic carbocycles. The first-order valence-electron chi connectivity index (χ1n) is 5.00. The molecule has 4 nitrogen and oxygen atoms in total. The summed E-state index contributed by atoms with van der Waals surface area (Å²) in [5.74, 6) is -0.336. The van der Waals surface area contributed by atoms with Crippen molar-refractivity contribution >= 4 is 44.2 Å². The summed E-state index contributed by atoms with van der Waals surface area (Å²) in [6, 6.07) is 2.38. The number of hydrogen-bond donors (Lipinski definition) is 3. The monoisotopic (exact) mass is 455 g/mol. The maximum Gasteiger partial charge on any atom is 0.573 e. The Morgan fingerprint density at radius 1 is 1.42 bits per heavy atom. The number of ether oxygens (including phenoxy) is 1. The molecule has 3 N–H and O–H groups in total. The molecule has 0 fully saturated rings. The lowest BCUT2D eigenvalue weighted by Gasteiger charge is -2.15. The Labute approximate surface area is 129 Å². The Bertz CT molecular complexity index is 422. The molecule has 1 rings (SSSR count). The van der Waals surface area contributed by atoms with E-state index < -0.39 is 19.1 Å². The first-order chi connectivity index (χ1) is 8.73. The number of alkyl halides is 3. The molecule has 19 heavy (non-hydrogen) atoms. The van der Waals surface area contributed by atoms with Crippen LogP contribution in [-0.2, 0) is 0 Å². The third-order valence-electron chi connectivity index (χ3n) is 1.97. The summed E-state index contributed by atoms with van der Waals surface area (Å²) in [5.41, 5.74) is 0.516. The van der Waals surface area contributed by atoms with Gasteiger partial charge in [0.05, 0.1) is 18.4 Å². The summed E-state index contributed by atoms with van der Waals surface area (Å²) >= 11 is 4.96. The maximum absolute atomic E-state index is 12.1. The number of hydrogen-bond acceptors (Lipinski definition) is 4. The van der Waals surface area contributed by atoms with Gasteiger partial charge in [-0.05, 0) is 50.7 Å². The molecular weight excluding hydrogens is 446 g/mol. The van der Waals surface area contributed by atoms with Gasteiger partial charge in [0.1, 0.15) is 5.75 Å². The van der Waals surface area contributed by atoms with E-state index in [-0.39, 0.29) is 12.3 Å². The fourth-order valence-electron chi connectivity index (χ4n) is 1.20. The number of anilines is 1. The number of aliphatic hydroxyl groups excluding tert-OH is 2. The SMILES string of the molecule is OCC(O)CNc1c(Br)cc(OC(F)(F)F)cc1I. The minimum atomic E-state index is -4.75. The van der Waals surface area contributed by atoms with Crippen molar-refractivity contribution in [3.63, 3.8) is 0 Å². The molecule has 0 aliphatic rings. The van der Waals surface area contributed by atoms with Crippen LogP contribution in [0.1, 0.15) is 0 Å². The predicted octanol–water partition coefficient (Wildman–Crippen LogP) is 2.72. The average Bonchev–Trinajstić information content (AvgIpc) is 2.25. The lowest BCUT2D eigenvalue weighted by atomic mass is 10.3. The van der Waals surface area contributed by atoms with Gasteiger partial charge >= 0.3 is 6.36 Å². The van der Waals surface area contributed by atoms with E-state index in [9.17, 15) is 18.3 Å². The molecule has 0 amide bonds. The van der Waals surface area contributed by atoms with Crippen LogP contribution in [-0.4, -0.2) is 35.8 Å². The van der Waals surface area contributed by atoms with Gasteiger partial charge in [-0.25, -0.2) is 0 Å². The van der Waals surface area contributed by atoms with Crippen LogP contribution in [0.2, 0.25) is 0 Å². The van der Waals surface area contributed by atoms with E-state index in [1.165, 1.54) is 12.1 Å². The van der Waals surface area contributed by atoms with Crippen LogP contribution in [0.25, 0.3) is 0 Å². The first-order valence-corrected chi connectivity index (χ1v) is 6.87. The maximum atomic E-state index is 12.1. The van der Waals surface area contributed by atoms with Crippen molar-refractivity contribution < 1.29 is 28.1 Å². The Morgan fingerprint density at radius 2 is 2.05 bits per heavy atom. The van der Waals surface area contributed by atoms with Crippen LogP contribution in [0.3, 0.4) is 0 Å². The number of rotatable bonds is 5.